The summed E-state index contributed by atoms with van der Waals surface area (Å²) >= 11 is 2.95. The zero-order chi connectivity index (χ0) is 22.1. The number of amides is 1. The van der Waals surface area contributed by atoms with Gasteiger partial charge in [-0.1, -0.05) is 29.5 Å². The third-order valence-corrected chi connectivity index (χ3v) is 7.34. The molecule has 0 bridgehead atoms. The lowest BCUT2D eigenvalue weighted by atomic mass is 10.3. The molecule has 1 aliphatic heterocycles. The van der Waals surface area contributed by atoms with Gasteiger partial charge in [-0.15, -0.1) is 11.3 Å². The second-order valence-electron chi connectivity index (χ2n) is 7.40. The highest BCUT2D eigenvalue weighted by Crippen LogP contribution is 2.35. The number of anilines is 2. The van der Waals surface area contributed by atoms with Crippen LogP contribution < -0.4 is 20.6 Å². The van der Waals surface area contributed by atoms with Gasteiger partial charge < -0.3 is 15.0 Å². The van der Waals surface area contributed by atoms with Crippen molar-refractivity contribution in [2.24, 2.45) is 0 Å². The Kier molecular flexibility index (Phi) is 5.62. The summed E-state index contributed by atoms with van der Waals surface area (Å²) in [4.78, 5) is 38.8. The number of methoxy groups -OCH3 is 1. The molecule has 1 saturated heterocycles. The fourth-order valence-corrected chi connectivity index (χ4v) is 5.61. The van der Waals surface area contributed by atoms with Crippen molar-refractivity contribution in [3.63, 3.8) is 0 Å². The molecular formula is C22H21N5O3S2. The number of thiophene rings is 1. The molecule has 4 aromatic rings. The summed E-state index contributed by atoms with van der Waals surface area (Å²) in [6.45, 7) is 1.73. The van der Waals surface area contributed by atoms with Crippen molar-refractivity contribution in [1.82, 2.24) is 14.5 Å². The highest BCUT2D eigenvalue weighted by molar-refractivity contribution is 7.22. The standard InChI is InChI=1S/C22H21N5O3S2/c1-30-15-8-3-2-7-14(15)23-17(28)13-27-20-19(25-22(32-20)26-10-4-5-11-26)18(24-21(27)29)16-9-6-12-31-16/h2-3,6-9,12H,4-5,10-11,13H2,1H3,(H,23,28). The van der Waals surface area contributed by atoms with E-state index in [1.807, 2.05) is 29.6 Å². The minimum absolute atomic E-state index is 0.160. The summed E-state index contributed by atoms with van der Waals surface area (Å²) in [6.07, 6.45) is 2.25. The molecule has 1 fully saturated rings. The third kappa shape index (κ3) is 3.87. The Labute approximate surface area is 192 Å². The van der Waals surface area contributed by atoms with Gasteiger partial charge in [-0.05, 0) is 36.4 Å². The van der Waals surface area contributed by atoms with Crippen LogP contribution in [0.3, 0.4) is 0 Å². The number of hydrogen-bond donors (Lipinski definition) is 1. The van der Waals surface area contributed by atoms with E-state index in [4.69, 9.17) is 9.72 Å². The van der Waals surface area contributed by atoms with Gasteiger partial charge >= 0.3 is 5.69 Å². The highest BCUT2D eigenvalue weighted by Gasteiger charge is 2.23. The zero-order valence-corrected chi connectivity index (χ0v) is 19.0. The number of carbonyl (C=O) groups is 1. The number of para-hydroxylation sites is 2. The molecule has 164 valence electrons. The van der Waals surface area contributed by atoms with E-state index in [2.05, 4.69) is 15.2 Å². The lowest BCUT2D eigenvalue weighted by Gasteiger charge is -2.12. The smallest absolute Gasteiger partial charge is 0.349 e. The van der Waals surface area contributed by atoms with Crippen molar-refractivity contribution in [2.45, 2.75) is 19.4 Å². The Bertz CT molecular complexity index is 1320. The maximum absolute atomic E-state index is 13.0. The molecule has 0 aliphatic carbocycles. The number of rotatable bonds is 6. The van der Waals surface area contributed by atoms with Crippen LogP contribution in [0.4, 0.5) is 10.8 Å². The normalized spacial score (nSPS) is 13.6. The molecule has 1 amide bonds. The molecule has 0 saturated carbocycles. The first-order valence-electron chi connectivity index (χ1n) is 10.3. The summed E-state index contributed by atoms with van der Waals surface area (Å²) in [5.74, 6) is 0.221. The van der Waals surface area contributed by atoms with Crippen LogP contribution in [0, 0.1) is 0 Å². The summed E-state index contributed by atoms with van der Waals surface area (Å²) in [5.41, 5.74) is 1.31. The number of carbonyl (C=O) groups excluding carboxylic acids is 1. The second-order valence-corrected chi connectivity index (χ2v) is 9.30. The molecule has 32 heavy (non-hydrogen) atoms. The van der Waals surface area contributed by atoms with E-state index in [-0.39, 0.29) is 12.5 Å². The van der Waals surface area contributed by atoms with Crippen LogP contribution in [-0.4, -0.2) is 40.6 Å². The summed E-state index contributed by atoms with van der Waals surface area (Å²) in [7, 11) is 1.55. The molecule has 0 atom stereocenters. The molecule has 3 aromatic heterocycles. The number of aromatic nitrogens is 3. The average Bonchev–Trinajstić information content (AvgIpc) is 3.57. The molecule has 0 unspecified atom stereocenters. The molecule has 5 rings (SSSR count). The first-order chi connectivity index (χ1) is 15.6. The van der Waals surface area contributed by atoms with E-state index in [0.29, 0.717) is 27.5 Å². The maximum Gasteiger partial charge on any atom is 0.349 e. The lowest BCUT2D eigenvalue weighted by Crippen LogP contribution is -2.29. The number of fused-ring (bicyclic) bond motifs is 1. The zero-order valence-electron chi connectivity index (χ0n) is 17.4. The van der Waals surface area contributed by atoms with Crippen molar-refractivity contribution in [3.05, 3.63) is 52.3 Å². The molecule has 1 aromatic carbocycles. The Balaban J connectivity index is 1.55. The first-order valence-corrected chi connectivity index (χ1v) is 12.0. The van der Waals surface area contributed by atoms with E-state index in [1.54, 1.807) is 19.2 Å². The predicted octanol–water partition coefficient (Wildman–Crippen LogP) is 3.83. The van der Waals surface area contributed by atoms with Gasteiger partial charge in [0.1, 0.15) is 28.3 Å². The number of hydrogen-bond acceptors (Lipinski definition) is 8. The molecule has 0 spiro atoms. The van der Waals surface area contributed by atoms with Gasteiger partial charge in [0.05, 0.1) is 17.7 Å². The van der Waals surface area contributed by atoms with Crippen LogP contribution in [0.15, 0.2) is 46.6 Å². The van der Waals surface area contributed by atoms with Crippen LogP contribution in [0.25, 0.3) is 20.9 Å². The van der Waals surface area contributed by atoms with Gasteiger partial charge in [-0.25, -0.2) is 9.78 Å². The number of benzene rings is 1. The van der Waals surface area contributed by atoms with Crippen LogP contribution in [0.5, 0.6) is 5.75 Å². The third-order valence-electron chi connectivity index (χ3n) is 5.32. The lowest BCUT2D eigenvalue weighted by molar-refractivity contribution is -0.116. The Hall–Kier alpha value is -3.24. The molecule has 8 nitrogen and oxygen atoms in total. The van der Waals surface area contributed by atoms with Crippen LogP contribution in [0.1, 0.15) is 12.8 Å². The van der Waals surface area contributed by atoms with Gasteiger partial charge in [-0.3, -0.25) is 9.36 Å². The highest BCUT2D eigenvalue weighted by atomic mass is 32.1. The molecule has 1 aliphatic rings. The van der Waals surface area contributed by atoms with Crippen LogP contribution in [0.2, 0.25) is 0 Å². The topological polar surface area (TPSA) is 89.3 Å². The van der Waals surface area contributed by atoms with E-state index < -0.39 is 5.69 Å². The summed E-state index contributed by atoms with van der Waals surface area (Å²) in [6, 6.07) is 11.0. The molecule has 0 radical (unpaired) electrons. The first kappa shape index (κ1) is 20.7. The molecule has 1 N–H and O–H groups in total. The van der Waals surface area contributed by atoms with Crippen molar-refractivity contribution < 1.29 is 9.53 Å². The minimum Gasteiger partial charge on any atom is -0.495 e. The van der Waals surface area contributed by atoms with E-state index in [0.717, 1.165) is 35.9 Å². The predicted molar refractivity (Wildman–Crippen MR) is 128 cm³/mol. The van der Waals surface area contributed by atoms with E-state index in [1.165, 1.54) is 27.2 Å². The Morgan fingerprint density at radius 2 is 1.97 bits per heavy atom. The Morgan fingerprint density at radius 1 is 1.16 bits per heavy atom. The fraction of sp³-hybridized carbons (Fsp3) is 0.273. The molecule has 4 heterocycles. The van der Waals surface area contributed by atoms with Gasteiger partial charge in [0, 0.05) is 13.1 Å². The van der Waals surface area contributed by atoms with Crippen molar-refractivity contribution in [3.8, 4) is 16.3 Å². The quantitative estimate of drug-likeness (QED) is 0.464. The van der Waals surface area contributed by atoms with Gasteiger partial charge in [-0.2, -0.15) is 4.98 Å². The van der Waals surface area contributed by atoms with Crippen LogP contribution in [-0.2, 0) is 11.3 Å². The minimum atomic E-state index is -0.465. The number of nitrogens with zero attached hydrogens (tertiary/aromatic N) is 4. The fourth-order valence-electron chi connectivity index (χ4n) is 3.78. The van der Waals surface area contributed by atoms with E-state index >= 15 is 0 Å². The van der Waals surface area contributed by atoms with Gasteiger partial charge in [0.15, 0.2) is 5.13 Å². The monoisotopic (exact) mass is 467 g/mol. The summed E-state index contributed by atoms with van der Waals surface area (Å²) in [5, 5.41) is 5.64. The molecular weight excluding hydrogens is 446 g/mol. The van der Waals surface area contributed by atoms with E-state index in [9.17, 15) is 9.59 Å². The SMILES string of the molecule is COc1ccccc1NC(=O)Cn1c(=O)nc(-c2cccs2)c2nc(N3CCCC3)sc21. The number of nitrogens with one attached hydrogen (secondary N) is 1. The van der Waals surface area contributed by atoms with Crippen molar-refractivity contribution in [2.75, 3.05) is 30.4 Å². The number of ether oxygens (including phenoxy) is 1. The Morgan fingerprint density at radius 3 is 2.72 bits per heavy atom. The summed E-state index contributed by atoms with van der Waals surface area (Å²) < 4.78 is 6.71. The van der Waals surface area contributed by atoms with Crippen molar-refractivity contribution >= 4 is 49.7 Å². The average molecular weight is 468 g/mol. The maximum atomic E-state index is 13.0. The van der Waals surface area contributed by atoms with Crippen LogP contribution >= 0.6 is 22.7 Å². The van der Waals surface area contributed by atoms with Crippen molar-refractivity contribution in [1.29, 1.82) is 0 Å². The second kappa shape index (κ2) is 8.71. The van der Waals surface area contributed by atoms with Gasteiger partial charge in [0.25, 0.3) is 0 Å². The largest absolute Gasteiger partial charge is 0.495 e. The number of thiazole rings is 1. The molecule has 10 heteroatoms. The van der Waals surface area contributed by atoms with Gasteiger partial charge in [0.2, 0.25) is 5.91 Å².